The maximum Gasteiger partial charge on any atom is 0.306 e. The Bertz CT molecular complexity index is 514. The molecule has 0 fully saturated rings. The molecule has 0 aliphatic carbocycles. The van der Waals surface area contributed by atoms with E-state index in [1.54, 1.807) is 0 Å². The molecule has 1 atom stereocenters. The number of aliphatic hydroxyl groups is 1. The molecule has 0 bridgehead atoms. The van der Waals surface area contributed by atoms with Gasteiger partial charge in [0.1, 0.15) is 6.61 Å². The molecule has 3 heteroatoms. The molecule has 0 aromatic heterocycles. The minimum absolute atomic E-state index is 0.0874. The molecular formula is C28H48O3. The third-order valence-corrected chi connectivity index (χ3v) is 6.21. The first kappa shape index (κ1) is 27.7. The van der Waals surface area contributed by atoms with E-state index in [1.807, 2.05) is 30.3 Å². The van der Waals surface area contributed by atoms with Crippen LogP contribution >= 0.6 is 0 Å². The van der Waals surface area contributed by atoms with Gasteiger partial charge in [-0.1, -0.05) is 121 Å². The number of hydrogen-bond acceptors (Lipinski definition) is 3. The summed E-state index contributed by atoms with van der Waals surface area (Å²) in [4.78, 5) is 11.8. The number of esters is 1. The predicted octanol–water partition coefficient (Wildman–Crippen LogP) is 7.99. The molecule has 0 radical (unpaired) electrons. The van der Waals surface area contributed by atoms with Crippen LogP contribution in [0.1, 0.15) is 122 Å². The van der Waals surface area contributed by atoms with E-state index in [9.17, 15) is 9.90 Å². The highest BCUT2D eigenvalue weighted by atomic mass is 16.5. The van der Waals surface area contributed by atoms with Crippen molar-refractivity contribution in [3.63, 3.8) is 0 Å². The van der Waals surface area contributed by atoms with E-state index in [-0.39, 0.29) is 5.97 Å². The summed E-state index contributed by atoms with van der Waals surface area (Å²) in [6.07, 6.45) is 20.6. The molecule has 31 heavy (non-hydrogen) atoms. The maximum atomic E-state index is 11.8. The van der Waals surface area contributed by atoms with Gasteiger partial charge in [-0.05, 0) is 30.7 Å². The molecule has 1 N–H and O–H groups in total. The first-order valence-electron chi connectivity index (χ1n) is 13.1. The predicted molar refractivity (Wildman–Crippen MR) is 131 cm³/mol. The van der Waals surface area contributed by atoms with E-state index in [0.29, 0.717) is 25.6 Å². The molecule has 1 unspecified atom stereocenters. The third kappa shape index (κ3) is 16.9. The molecule has 0 heterocycles. The second kappa shape index (κ2) is 20.5. The van der Waals surface area contributed by atoms with Crippen molar-refractivity contribution in [2.24, 2.45) is 5.92 Å². The normalized spacial score (nSPS) is 12.1. The highest BCUT2D eigenvalue weighted by molar-refractivity contribution is 5.69. The van der Waals surface area contributed by atoms with Crippen LogP contribution in [0, 0.1) is 5.92 Å². The van der Waals surface area contributed by atoms with Crippen LogP contribution in [-0.2, 0) is 16.1 Å². The minimum Gasteiger partial charge on any atom is -0.461 e. The highest BCUT2D eigenvalue weighted by Crippen LogP contribution is 2.19. The fraction of sp³-hybridized carbons (Fsp3) is 0.750. The van der Waals surface area contributed by atoms with E-state index < -0.39 is 0 Å². The number of carbonyl (C=O) groups excluding carboxylic acids is 1. The van der Waals surface area contributed by atoms with Crippen LogP contribution in [0.4, 0.5) is 0 Å². The zero-order valence-corrected chi connectivity index (χ0v) is 20.2. The van der Waals surface area contributed by atoms with Crippen LogP contribution in [0.3, 0.4) is 0 Å². The third-order valence-electron chi connectivity index (χ3n) is 6.21. The number of carbonyl (C=O) groups is 1. The van der Waals surface area contributed by atoms with Gasteiger partial charge in [0.15, 0.2) is 0 Å². The van der Waals surface area contributed by atoms with Gasteiger partial charge in [0.05, 0.1) is 0 Å². The van der Waals surface area contributed by atoms with E-state index in [1.165, 1.54) is 89.9 Å². The lowest BCUT2D eigenvalue weighted by molar-refractivity contribution is -0.145. The van der Waals surface area contributed by atoms with Gasteiger partial charge in [-0.3, -0.25) is 4.79 Å². The molecule has 0 amide bonds. The van der Waals surface area contributed by atoms with Gasteiger partial charge in [-0.25, -0.2) is 0 Å². The number of unbranched alkanes of at least 4 members (excludes halogenated alkanes) is 12. The molecule has 0 aliphatic rings. The summed E-state index contributed by atoms with van der Waals surface area (Å²) in [5, 5.41) is 9.62. The van der Waals surface area contributed by atoms with Crippen LogP contribution in [0.15, 0.2) is 30.3 Å². The Morgan fingerprint density at radius 3 is 1.84 bits per heavy atom. The Labute approximate surface area is 192 Å². The van der Waals surface area contributed by atoms with Crippen molar-refractivity contribution in [2.45, 2.75) is 123 Å². The summed E-state index contributed by atoms with van der Waals surface area (Å²) >= 11 is 0. The number of benzene rings is 1. The van der Waals surface area contributed by atoms with Crippen molar-refractivity contribution < 1.29 is 14.6 Å². The quantitative estimate of drug-likeness (QED) is 0.158. The van der Waals surface area contributed by atoms with Crippen molar-refractivity contribution in [3.8, 4) is 0 Å². The summed E-state index contributed by atoms with van der Waals surface area (Å²) in [6, 6.07) is 9.84. The number of aliphatic hydroxyl groups excluding tert-OH is 1. The summed E-state index contributed by atoms with van der Waals surface area (Å²) in [6.45, 7) is 2.99. The van der Waals surface area contributed by atoms with E-state index in [2.05, 4.69) is 6.92 Å². The number of hydrogen-bond donors (Lipinski definition) is 1. The molecule has 0 saturated carbocycles. The largest absolute Gasteiger partial charge is 0.461 e. The molecule has 3 nitrogen and oxygen atoms in total. The van der Waals surface area contributed by atoms with Crippen molar-refractivity contribution in [1.82, 2.24) is 0 Å². The summed E-state index contributed by atoms with van der Waals surface area (Å²) < 4.78 is 5.32. The zero-order chi connectivity index (χ0) is 22.4. The van der Waals surface area contributed by atoms with Crippen molar-refractivity contribution in [2.75, 3.05) is 6.61 Å². The fourth-order valence-corrected chi connectivity index (χ4v) is 4.11. The Balaban J connectivity index is 1.87. The molecule has 0 aliphatic heterocycles. The zero-order valence-electron chi connectivity index (χ0n) is 20.2. The highest BCUT2D eigenvalue weighted by Gasteiger charge is 2.07. The summed E-state index contributed by atoms with van der Waals surface area (Å²) in [5.41, 5.74) is 1.04. The maximum absolute atomic E-state index is 11.8. The van der Waals surface area contributed by atoms with E-state index in [0.717, 1.165) is 18.4 Å². The van der Waals surface area contributed by atoms with Crippen molar-refractivity contribution >= 4 is 5.97 Å². The first-order chi connectivity index (χ1) is 15.3. The molecule has 0 spiro atoms. The Hall–Kier alpha value is -1.35. The smallest absolute Gasteiger partial charge is 0.306 e. The first-order valence-corrected chi connectivity index (χ1v) is 13.1. The Morgan fingerprint density at radius 2 is 1.29 bits per heavy atom. The van der Waals surface area contributed by atoms with Gasteiger partial charge in [-0.15, -0.1) is 0 Å². The summed E-state index contributed by atoms with van der Waals surface area (Å²) in [5.74, 6) is 0.412. The lowest BCUT2D eigenvalue weighted by Gasteiger charge is -2.13. The van der Waals surface area contributed by atoms with Crippen LogP contribution in [0.5, 0.6) is 0 Å². The second-order valence-electron chi connectivity index (χ2n) is 9.12. The number of ether oxygens (including phenoxy) is 1. The topological polar surface area (TPSA) is 46.5 Å². The van der Waals surface area contributed by atoms with Crippen LogP contribution in [0.2, 0.25) is 0 Å². The lowest BCUT2D eigenvalue weighted by atomic mass is 9.95. The van der Waals surface area contributed by atoms with Gasteiger partial charge in [-0.2, -0.15) is 0 Å². The monoisotopic (exact) mass is 432 g/mol. The summed E-state index contributed by atoms with van der Waals surface area (Å²) in [7, 11) is 0. The Kier molecular flexibility index (Phi) is 18.3. The van der Waals surface area contributed by atoms with Crippen LogP contribution in [0.25, 0.3) is 0 Å². The van der Waals surface area contributed by atoms with Crippen molar-refractivity contribution in [3.05, 3.63) is 35.9 Å². The molecule has 1 rings (SSSR count). The molecule has 1 aromatic carbocycles. The average Bonchev–Trinajstić information content (AvgIpc) is 2.80. The van der Waals surface area contributed by atoms with Gasteiger partial charge >= 0.3 is 5.97 Å². The molecule has 1 aromatic rings. The average molecular weight is 433 g/mol. The minimum atomic E-state index is -0.0874. The second-order valence-corrected chi connectivity index (χ2v) is 9.12. The molecule has 178 valence electrons. The molecule has 0 saturated heterocycles. The van der Waals surface area contributed by atoms with Crippen LogP contribution < -0.4 is 0 Å². The van der Waals surface area contributed by atoms with Crippen LogP contribution in [-0.4, -0.2) is 17.7 Å². The van der Waals surface area contributed by atoms with Gasteiger partial charge < -0.3 is 9.84 Å². The number of rotatable bonds is 21. The van der Waals surface area contributed by atoms with Crippen molar-refractivity contribution in [1.29, 1.82) is 0 Å². The lowest BCUT2D eigenvalue weighted by Crippen LogP contribution is -2.06. The SMILES string of the molecule is CCCCCCCCCCC(CO)CCCCCCCCC(=O)OCc1ccccc1. The molecular weight excluding hydrogens is 384 g/mol. The van der Waals surface area contributed by atoms with Gasteiger partial charge in [0, 0.05) is 13.0 Å². The fourth-order valence-electron chi connectivity index (χ4n) is 4.11. The van der Waals surface area contributed by atoms with E-state index >= 15 is 0 Å². The van der Waals surface area contributed by atoms with Gasteiger partial charge in [0.2, 0.25) is 0 Å². The standard InChI is InChI=1S/C28H48O3/c1-2-3-4-5-6-7-10-14-19-26(24-29)20-15-11-8-9-12-18-23-28(30)31-25-27-21-16-13-17-22-27/h13,16-17,21-22,26,29H,2-12,14-15,18-20,23-25H2,1H3. The van der Waals surface area contributed by atoms with E-state index in [4.69, 9.17) is 4.74 Å². The Morgan fingerprint density at radius 1 is 0.774 bits per heavy atom. The van der Waals surface area contributed by atoms with Gasteiger partial charge in [0.25, 0.3) is 0 Å².